The second kappa shape index (κ2) is 5.90. The molecular weight excluding hydrogens is 210 g/mol. The van der Waals surface area contributed by atoms with Crippen molar-refractivity contribution in [3.05, 3.63) is 12.3 Å². The molecule has 2 heteroatoms. The molecule has 0 aromatic heterocycles. The molecule has 17 heavy (non-hydrogen) atoms. The smallest absolute Gasteiger partial charge is 0.106 e. The summed E-state index contributed by atoms with van der Waals surface area (Å²) in [5, 5.41) is 3.44. The lowest BCUT2D eigenvalue weighted by Gasteiger charge is -2.34. The molecule has 1 rings (SSSR count). The zero-order valence-corrected chi connectivity index (χ0v) is 12.2. The zero-order chi connectivity index (χ0) is 12.9. The van der Waals surface area contributed by atoms with Gasteiger partial charge in [0.25, 0.3) is 0 Å². The molecule has 1 saturated heterocycles. The van der Waals surface area contributed by atoms with Crippen LogP contribution in [0.3, 0.4) is 0 Å². The van der Waals surface area contributed by atoms with Crippen molar-refractivity contribution >= 4 is 0 Å². The van der Waals surface area contributed by atoms with E-state index in [2.05, 4.69) is 46.0 Å². The van der Waals surface area contributed by atoms with Crippen LogP contribution in [0.15, 0.2) is 12.3 Å². The molecule has 1 unspecified atom stereocenters. The normalized spacial score (nSPS) is 25.1. The maximum absolute atomic E-state index is 6.00. The quantitative estimate of drug-likeness (QED) is 0.735. The van der Waals surface area contributed by atoms with Crippen molar-refractivity contribution < 1.29 is 4.74 Å². The van der Waals surface area contributed by atoms with Crippen molar-refractivity contribution in [2.45, 2.75) is 71.9 Å². The van der Waals surface area contributed by atoms with Gasteiger partial charge in [-0.15, -0.1) is 0 Å². The van der Waals surface area contributed by atoms with Crippen LogP contribution < -0.4 is 5.32 Å². The fourth-order valence-electron chi connectivity index (χ4n) is 2.55. The van der Waals surface area contributed by atoms with Crippen LogP contribution in [0.5, 0.6) is 0 Å². The molecule has 2 nitrogen and oxygen atoms in total. The van der Waals surface area contributed by atoms with E-state index in [4.69, 9.17) is 4.74 Å². The van der Waals surface area contributed by atoms with E-state index < -0.39 is 0 Å². The molecule has 2 atom stereocenters. The molecule has 0 aromatic carbocycles. The highest BCUT2D eigenvalue weighted by atomic mass is 16.5. The Labute approximate surface area is 107 Å². The van der Waals surface area contributed by atoms with Crippen LogP contribution in [0.25, 0.3) is 0 Å². The molecule has 100 valence electrons. The predicted molar refractivity (Wildman–Crippen MR) is 74.0 cm³/mol. The molecule has 0 saturated carbocycles. The summed E-state index contributed by atoms with van der Waals surface area (Å²) in [5.41, 5.74) is 0.275. The molecule has 1 heterocycles. The summed E-state index contributed by atoms with van der Waals surface area (Å²) < 4.78 is 6.00. The van der Waals surface area contributed by atoms with Crippen molar-refractivity contribution in [2.75, 3.05) is 6.54 Å². The number of nitrogens with one attached hydrogen (secondary N) is 1. The maximum atomic E-state index is 6.00. The highest BCUT2D eigenvalue weighted by Crippen LogP contribution is 2.32. The van der Waals surface area contributed by atoms with Crippen LogP contribution in [0, 0.1) is 5.41 Å². The largest absolute Gasteiger partial charge is 0.495 e. The zero-order valence-electron chi connectivity index (χ0n) is 12.2. The standard InChI is InChI=1S/C15H29NO/c1-6-15(5,12-14(2,3)4)17-11-9-13-8-7-10-16-13/h9,11,13,16H,6-8,10,12H2,1-5H3/t13-,15?/m0/s1. The Bertz CT molecular complexity index is 248. The number of rotatable bonds is 5. The van der Waals surface area contributed by atoms with Gasteiger partial charge < -0.3 is 10.1 Å². The van der Waals surface area contributed by atoms with Gasteiger partial charge in [0, 0.05) is 6.04 Å². The van der Waals surface area contributed by atoms with Crippen LogP contribution in [-0.2, 0) is 4.74 Å². The molecule has 1 aliphatic rings. The van der Waals surface area contributed by atoms with Crippen molar-refractivity contribution in [3.63, 3.8) is 0 Å². The number of hydrogen-bond donors (Lipinski definition) is 1. The molecule has 0 spiro atoms. The highest BCUT2D eigenvalue weighted by Gasteiger charge is 2.29. The van der Waals surface area contributed by atoms with Gasteiger partial charge in [-0.05, 0) is 50.6 Å². The van der Waals surface area contributed by atoms with Gasteiger partial charge in [0.2, 0.25) is 0 Å². The van der Waals surface area contributed by atoms with Gasteiger partial charge in [0.05, 0.1) is 6.26 Å². The van der Waals surface area contributed by atoms with Crippen LogP contribution in [0.1, 0.15) is 60.3 Å². The molecule has 0 radical (unpaired) electrons. The number of ether oxygens (including phenoxy) is 1. The minimum absolute atomic E-state index is 0.0344. The maximum Gasteiger partial charge on any atom is 0.106 e. The average Bonchev–Trinajstić information content (AvgIpc) is 2.68. The van der Waals surface area contributed by atoms with Crippen LogP contribution >= 0.6 is 0 Å². The van der Waals surface area contributed by atoms with Crippen LogP contribution in [0.2, 0.25) is 0 Å². The first-order valence-electron chi connectivity index (χ1n) is 6.92. The first kappa shape index (κ1) is 14.6. The molecule has 0 aromatic rings. The van der Waals surface area contributed by atoms with Gasteiger partial charge in [-0.1, -0.05) is 27.7 Å². The van der Waals surface area contributed by atoms with E-state index in [1.54, 1.807) is 0 Å². The summed E-state index contributed by atoms with van der Waals surface area (Å²) in [6.45, 7) is 12.4. The van der Waals surface area contributed by atoms with Gasteiger partial charge in [0.15, 0.2) is 0 Å². The Kier molecular flexibility index (Phi) is 5.05. The molecule has 1 aliphatic heterocycles. The second-order valence-electron chi connectivity index (χ2n) is 6.69. The van der Waals surface area contributed by atoms with Crippen molar-refractivity contribution in [1.82, 2.24) is 5.32 Å². The molecular formula is C15H29NO. The fourth-order valence-corrected chi connectivity index (χ4v) is 2.55. The van der Waals surface area contributed by atoms with Gasteiger partial charge in [-0.2, -0.15) is 0 Å². The summed E-state index contributed by atoms with van der Waals surface area (Å²) in [4.78, 5) is 0. The van der Waals surface area contributed by atoms with Crippen LogP contribution in [-0.4, -0.2) is 18.2 Å². The summed E-state index contributed by atoms with van der Waals surface area (Å²) in [7, 11) is 0. The Hall–Kier alpha value is -0.500. The summed E-state index contributed by atoms with van der Waals surface area (Å²) in [5.74, 6) is 0. The third-order valence-corrected chi connectivity index (χ3v) is 3.41. The van der Waals surface area contributed by atoms with Crippen LogP contribution in [0.4, 0.5) is 0 Å². The van der Waals surface area contributed by atoms with E-state index in [0.29, 0.717) is 11.5 Å². The topological polar surface area (TPSA) is 21.3 Å². The lowest BCUT2D eigenvalue weighted by molar-refractivity contribution is -0.000354. The molecule has 0 bridgehead atoms. The molecule has 0 aliphatic carbocycles. The third-order valence-electron chi connectivity index (χ3n) is 3.41. The Balaban J connectivity index is 2.44. The highest BCUT2D eigenvalue weighted by molar-refractivity contribution is 4.94. The summed E-state index contributed by atoms with van der Waals surface area (Å²) >= 11 is 0. The third kappa shape index (κ3) is 5.58. The monoisotopic (exact) mass is 239 g/mol. The SMILES string of the molecule is CCC(C)(CC(C)(C)C)OC=C[C@@H]1CCCN1. The number of hydrogen-bond acceptors (Lipinski definition) is 2. The molecule has 1 N–H and O–H groups in total. The summed E-state index contributed by atoms with van der Waals surface area (Å²) in [6.07, 6.45) is 8.73. The van der Waals surface area contributed by atoms with E-state index in [1.807, 2.05) is 6.26 Å². The van der Waals surface area contributed by atoms with E-state index >= 15 is 0 Å². The van der Waals surface area contributed by atoms with E-state index in [1.165, 1.54) is 12.8 Å². The Morgan fingerprint density at radius 1 is 1.29 bits per heavy atom. The van der Waals surface area contributed by atoms with E-state index in [-0.39, 0.29) is 5.60 Å². The van der Waals surface area contributed by atoms with E-state index in [0.717, 1.165) is 19.4 Å². The first-order valence-corrected chi connectivity index (χ1v) is 6.92. The lowest BCUT2D eigenvalue weighted by Crippen LogP contribution is -2.31. The minimum atomic E-state index is -0.0344. The van der Waals surface area contributed by atoms with Crippen molar-refractivity contribution in [2.24, 2.45) is 5.41 Å². The summed E-state index contributed by atoms with van der Waals surface area (Å²) in [6, 6.07) is 0.519. The van der Waals surface area contributed by atoms with Gasteiger partial charge in [-0.25, -0.2) is 0 Å². The first-order chi connectivity index (χ1) is 7.85. The van der Waals surface area contributed by atoms with Crippen molar-refractivity contribution in [3.8, 4) is 0 Å². The van der Waals surface area contributed by atoms with Crippen molar-refractivity contribution in [1.29, 1.82) is 0 Å². The Morgan fingerprint density at radius 3 is 2.47 bits per heavy atom. The second-order valence-corrected chi connectivity index (χ2v) is 6.69. The molecule has 1 fully saturated rings. The average molecular weight is 239 g/mol. The Morgan fingerprint density at radius 2 is 2.00 bits per heavy atom. The van der Waals surface area contributed by atoms with Gasteiger partial charge in [0.1, 0.15) is 5.60 Å². The van der Waals surface area contributed by atoms with Gasteiger partial charge in [-0.3, -0.25) is 0 Å². The minimum Gasteiger partial charge on any atom is -0.495 e. The van der Waals surface area contributed by atoms with Gasteiger partial charge >= 0.3 is 0 Å². The predicted octanol–water partition coefficient (Wildman–Crippen LogP) is 3.87. The molecule has 0 amide bonds. The van der Waals surface area contributed by atoms with E-state index in [9.17, 15) is 0 Å². The fraction of sp³-hybridized carbons (Fsp3) is 0.867. The lowest BCUT2D eigenvalue weighted by atomic mass is 9.81.